The smallest absolute Gasteiger partial charge is 0.211 e. The van der Waals surface area contributed by atoms with E-state index in [1.54, 1.807) is 7.11 Å². The lowest BCUT2D eigenvalue weighted by Gasteiger charge is -2.35. The first-order valence-electron chi connectivity index (χ1n) is 7.44. The van der Waals surface area contributed by atoms with Gasteiger partial charge < -0.3 is 9.15 Å². The zero-order valence-electron chi connectivity index (χ0n) is 12.5. The molecule has 3 rings (SSSR count). The number of ether oxygens (including phenoxy) is 1. The highest BCUT2D eigenvalue weighted by atomic mass is 16.5. The van der Waals surface area contributed by atoms with Crippen LogP contribution in [0.2, 0.25) is 0 Å². The van der Waals surface area contributed by atoms with Gasteiger partial charge in [-0.3, -0.25) is 9.69 Å². The second-order valence-corrected chi connectivity index (χ2v) is 5.85. The molecule has 2 aromatic rings. The molecular formula is C17H21NO3. The molecule has 0 spiro atoms. The SMILES string of the molecule is COC1CN(CC(=O)c2cc3ccccc3o2)CCC1C. The van der Waals surface area contributed by atoms with Crippen LogP contribution in [0.25, 0.3) is 11.0 Å². The minimum absolute atomic E-state index is 0.0376. The first-order chi connectivity index (χ1) is 10.2. The predicted octanol–water partition coefficient (Wildman–Crippen LogP) is 2.97. The molecule has 0 N–H and O–H groups in total. The Kier molecular flexibility index (Phi) is 4.08. The molecule has 112 valence electrons. The summed E-state index contributed by atoms with van der Waals surface area (Å²) >= 11 is 0. The maximum atomic E-state index is 12.4. The molecule has 1 aliphatic rings. The minimum Gasteiger partial charge on any atom is -0.453 e. The van der Waals surface area contributed by atoms with Gasteiger partial charge in [0.1, 0.15) is 5.58 Å². The summed E-state index contributed by atoms with van der Waals surface area (Å²) in [6.45, 7) is 4.34. The monoisotopic (exact) mass is 287 g/mol. The molecule has 1 aromatic heterocycles. The van der Waals surface area contributed by atoms with Gasteiger partial charge >= 0.3 is 0 Å². The van der Waals surface area contributed by atoms with Crippen LogP contribution in [0, 0.1) is 5.92 Å². The van der Waals surface area contributed by atoms with Gasteiger partial charge in [-0.15, -0.1) is 0 Å². The Labute approximate surface area is 124 Å². The number of rotatable bonds is 4. The van der Waals surface area contributed by atoms with Gasteiger partial charge in [0, 0.05) is 19.0 Å². The highest BCUT2D eigenvalue weighted by molar-refractivity contribution is 5.98. The Balaban J connectivity index is 1.68. The van der Waals surface area contributed by atoms with Crippen molar-refractivity contribution in [2.24, 2.45) is 5.92 Å². The van der Waals surface area contributed by atoms with E-state index in [4.69, 9.17) is 9.15 Å². The molecule has 21 heavy (non-hydrogen) atoms. The van der Waals surface area contributed by atoms with Crippen molar-refractivity contribution in [3.05, 3.63) is 36.1 Å². The number of carbonyl (C=O) groups excluding carboxylic acids is 1. The van der Waals surface area contributed by atoms with Gasteiger partial charge in [-0.1, -0.05) is 25.1 Å². The van der Waals surface area contributed by atoms with Crippen LogP contribution < -0.4 is 0 Å². The quantitative estimate of drug-likeness (QED) is 0.811. The molecule has 1 aliphatic heterocycles. The number of furan rings is 1. The van der Waals surface area contributed by atoms with Crippen LogP contribution in [-0.4, -0.2) is 43.5 Å². The molecule has 1 saturated heterocycles. The normalized spacial score (nSPS) is 23.5. The summed E-state index contributed by atoms with van der Waals surface area (Å²) in [5.74, 6) is 1.03. The lowest BCUT2D eigenvalue weighted by molar-refractivity contribution is -0.00345. The van der Waals surface area contributed by atoms with E-state index in [2.05, 4.69) is 11.8 Å². The van der Waals surface area contributed by atoms with Gasteiger partial charge in [-0.05, 0) is 31.0 Å². The number of para-hydroxylation sites is 1. The third kappa shape index (κ3) is 3.01. The molecule has 0 radical (unpaired) electrons. The van der Waals surface area contributed by atoms with Crippen LogP contribution in [0.3, 0.4) is 0 Å². The molecule has 2 unspecified atom stereocenters. The predicted molar refractivity (Wildman–Crippen MR) is 81.6 cm³/mol. The zero-order chi connectivity index (χ0) is 14.8. The number of methoxy groups -OCH3 is 1. The van der Waals surface area contributed by atoms with Gasteiger partial charge in [-0.25, -0.2) is 0 Å². The van der Waals surface area contributed by atoms with Crippen LogP contribution in [0.5, 0.6) is 0 Å². The number of Topliss-reactive ketones (excluding diaryl/α,β-unsaturated/α-hetero) is 1. The third-order valence-corrected chi connectivity index (χ3v) is 4.34. The summed E-state index contributed by atoms with van der Waals surface area (Å²) in [4.78, 5) is 14.5. The molecule has 4 heteroatoms. The lowest BCUT2D eigenvalue weighted by Crippen LogP contribution is -2.45. The number of carbonyl (C=O) groups is 1. The van der Waals surface area contributed by atoms with E-state index in [-0.39, 0.29) is 11.9 Å². The number of nitrogens with zero attached hydrogens (tertiary/aromatic N) is 1. The summed E-state index contributed by atoms with van der Waals surface area (Å²) < 4.78 is 11.1. The van der Waals surface area contributed by atoms with Crippen molar-refractivity contribution in [3.8, 4) is 0 Å². The molecule has 1 fully saturated rings. The topological polar surface area (TPSA) is 42.7 Å². The van der Waals surface area contributed by atoms with Crippen molar-refractivity contribution in [2.75, 3.05) is 26.7 Å². The number of hydrogen-bond acceptors (Lipinski definition) is 4. The molecule has 0 amide bonds. The van der Waals surface area contributed by atoms with Crippen molar-refractivity contribution in [1.82, 2.24) is 4.90 Å². The summed E-state index contributed by atoms with van der Waals surface area (Å²) in [5, 5.41) is 0.975. The molecule has 0 bridgehead atoms. The van der Waals surface area contributed by atoms with Crippen LogP contribution in [-0.2, 0) is 4.74 Å². The third-order valence-electron chi connectivity index (χ3n) is 4.34. The zero-order valence-corrected chi connectivity index (χ0v) is 12.5. The molecular weight excluding hydrogens is 266 g/mol. The highest BCUT2D eigenvalue weighted by Gasteiger charge is 2.27. The van der Waals surface area contributed by atoms with Crippen molar-refractivity contribution >= 4 is 16.8 Å². The van der Waals surface area contributed by atoms with Crippen molar-refractivity contribution in [2.45, 2.75) is 19.4 Å². The number of hydrogen-bond donors (Lipinski definition) is 0. The van der Waals surface area contributed by atoms with E-state index in [0.29, 0.717) is 18.2 Å². The molecule has 0 saturated carbocycles. The Bertz CT molecular complexity index is 601. The standard InChI is InChI=1S/C17H21NO3/c1-12-7-8-18(11-17(12)20-2)10-14(19)16-9-13-5-3-4-6-15(13)21-16/h3-6,9,12,17H,7-8,10-11H2,1-2H3. The van der Waals surface area contributed by atoms with E-state index >= 15 is 0 Å². The van der Waals surface area contributed by atoms with Crippen LogP contribution in [0.15, 0.2) is 34.7 Å². The average molecular weight is 287 g/mol. The fourth-order valence-electron chi connectivity index (χ4n) is 2.95. The number of ketones is 1. The van der Waals surface area contributed by atoms with E-state index in [1.165, 1.54) is 0 Å². The first kappa shape index (κ1) is 14.3. The van der Waals surface area contributed by atoms with Crippen molar-refractivity contribution in [1.29, 1.82) is 0 Å². The van der Waals surface area contributed by atoms with Crippen LogP contribution >= 0.6 is 0 Å². The Morgan fingerprint density at radius 2 is 2.24 bits per heavy atom. The largest absolute Gasteiger partial charge is 0.453 e. The first-order valence-corrected chi connectivity index (χ1v) is 7.44. The Morgan fingerprint density at radius 1 is 1.43 bits per heavy atom. The molecule has 1 aromatic carbocycles. The maximum Gasteiger partial charge on any atom is 0.211 e. The number of piperidine rings is 1. The number of likely N-dealkylation sites (tertiary alicyclic amines) is 1. The van der Waals surface area contributed by atoms with Crippen LogP contribution in [0.4, 0.5) is 0 Å². The lowest BCUT2D eigenvalue weighted by atomic mass is 9.95. The maximum absolute atomic E-state index is 12.4. The summed E-state index contributed by atoms with van der Waals surface area (Å²) in [7, 11) is 1.74. The molecule has 0 aliphatic carbocycles. The molecule has 2 atom stereocenters. The highest BCUT2D eigenvalue weighted by Crippen LogP contribution is 2.22. The van der Waals surface area contributed by atoms with Gasteiger partial charge in [0.25, 0.3) is 0 Å². The van der Waals surface area contributed by atoms with Crippen LogP contribution in [0.1, 0.15) is 23.9 Å². The fraction of sp³-hybridized carbons (Fsp3) is 0.471. The summed E-state index contributed by atoms with van der Waals surface area (Å²) in [6.07, 6.45) is 1.27. The number of fused-ring (bicyclic) bond motifs is 1. The Morgan fingerprint density at radius 3 is 3.00 bits per heavy atom. The van der Waals surface area contributed by atoms with Gasteiger partial charge in [0.05, 0.1) is 12.6 Å². The van der Waals surface area contributed by atoms with E-state index in [0.717, 1.165) is 30.5 Å². The number of benzene rings is 1. The van der Waals surface area contributed by atoms with Crippen molar-refractivity contribution < 1.29 is 13.9 Å². The van der Waals surface area contributed by atoms with E-state index < -0.39 is 0 Å². The van der Waals surface area contributed by atoms with Gasteiger partial charge in [-0.2, -0.15) is 0 Å². The second kappa shape index (κ2) is 6.00. The van der Waals surface area contributed by atoms with Crippen molar-refractivity contribution in [3.63, 3.8) is 0 Å². The fourth-order valence-corrected chi connectivity index (χ4v) is 2.95. The second-order valence-electron chi connectivity index (χ2n) is 5.85. The molecule has 4 nitrogen and oxygen atoms in total. The molecule has 2 heterocycles. The average Bonchev–Trinajstić information content (AvgIpc) is 2.93. The van der Waals surface area contributed by atoms with Gasteiger partial charge in [0.2, 0.25) is 5.78 Å². The Hall–Kier alpha value is -1.65. The summed E-state index contributed by atoms with van der Waals surface area (Å²) in [5.41, 5.74) is 0.767. The van der Waals surface area contributed by atoms with E-state index in [9.17, 15) is 4.79 Å². The summed E-state index contributed by atoms with van der Waals surface area (Å²) in [6, 6.07) is 9.53. The minimum atomic E-state index is 0.0376. The van der Waals surface area contributed by atoms with Gasteiger partial charge in [0.15, 0.2) is 5.76 Å². The van der Waals surface area contributed by atoms with E-state index in [1.807, 2.05) is 30.3 Å².